The Morgan fingerprint density at radius 1 is 1.41 bits per heavy atom. The third-order valence-corrected chi connectivity index (χ3v) is 4.14. The van der Waals surface area contributed by atoms with Crippen molar-refractivity contribution in [3.8, 4) is 0 Å². The molecule has 0 aliphatic heterocycles. The molecule has 1 aliphatic carbocycles. The molecule has 1 aromatic carbocycles. The highest BCUT2D eigenvalue weighted by atomic mass is 35.5. The zero-order valence-electron chi connectivity index (χ0n) is 10.4. The van der Waals surface area contributed by atoms with Gasteiger partial charge in [0, 0.05) is 17.1 Å². The maximum atomic E-state index is 9.94. The normalized spacial score (nSPS) is 26.4. The lowest BCUT2D eigenvalue weighted by Crippen LogP contribution is -2.39. The van der Waals surface area contributed by atoms with Gasteiger partial charge in [0.25, 0.3) is 0 Å². The van der Waals surface area contributed by atoms with Crippen LogP contribution >= 0.6 is 11.6 Å². The van der Waals surface area contributed by atoms with Crippen LogP contribution < -0.4 is 0 Å². The summed E-state index contributed by atoms with van der Waals surface area (Å²) in [7, 11) is 2.09. The van der Waals surface area contributed by atoms with Crippen molar-refractivity contribution in [2.45, 2.75) is 44.4 Å². The molecule has 17 heavy (non-hydrogen) atoms. The summed E-state index contributed by atoms with van der Waals surface area (Å²) in [5, 5.41) is 10.7. The molecule has 1 N–H and O–H groups in total. The van der Waals surface area contributed by atoms with Crippen molar-refractivity contribution < 1.29 is 5.11 Å². The Kier molecular flexibility index (Phi) is 4.08. The molecule has 0 amide bonds. The predicted molar refractivity (Wildman–Crippen MR) is 71.3 cm³/mol. The summed E-state index contributed by atoms with van der Waals surface area (Å²) in [5.41, 5.74) is 1.21. The zero-order chi connectivity index (χ0) is 12.4. The SMILES string of the molecule is CC(c1cccc(Cl)c1)N(C)[C@H]1CCC[C@@H]1O. The first-order chi connectivity index (χ1) is 8.09. The van der Waals surface area contributed by atoms with Gasteiger partial charge in [-0.3, -0.25) is 4.90 Å². The standard InChI is InChI=1S/C14H20ClNO/c1-10(11-5-3-6-12(15)9-11)16(2)13-7-4-8-14(13)17/h3,5-6,9-10,13-14,17H,4,7-8H2,1-2H3/t10?,13-,14-/m0/s1. The van der Waals surface area contributed by atoms with E-state index in [4.69, 9.17) is 11.6 Å². The number of halogens is 1. The van der Waals surface area contributed by atoms with Crippen LogP contribution in [0.2, 0.25) is 5.02 Å². The lowest BCUT2D eigenvalue weighted by atomic mass is 10.0. The molecule has 1 aromatic rings. The molecule has 0 saturated heterocycles. The van der Waals surface area contributed by atoms with Gasteiger partial charge in [-0.05, 0) is 50.9 Å². The number of nitrogens with zero attached hydrogens (tertiary/aromatic N) is 1. The molecule has 2 rings (SSSR count). The van der Waals surface area contributed by atoms with Crippen LogP contribution in [0.15, 0.2) is 24.3 Å². The molecule has 3 heteroatoms. The first-order valence-electron chi connectivity index (χ1n) is 6.25. The fourth-order valence-corrected chi connectivity index (χ4v) is 2.88. The first-order valence-corrected chi connectivity index (χ1v) is 6.63. The van der Waals surface area contributed by atoms with Crippen LogP contribution in [0.25, 0.3) is 0 Å². The minimum Gasteiger partial charge on any atom is -0.391 e. The molecule has 2 nitrogen and oxygen atoms in total. The fourth-order valence-electron chi connectivity index (χ4n) is 2.68. The lowest BCUT2D eigenvalue weighted by Gasteiger charge is -2.33. The topological polar surface area (TPSA) is 23.5 Å². The van der Waals surface area contributed by atoms with Crippen LogP contribution in [-0.2, 0) is 0 Å². The predicted octanol–water partition coefficient (Wildman–Crippen LogP) is 3.25. The molecule has 0 aromatic heterocycles. The molecule has 1 aliphatic rings. The monoisotopic (exact) mass is 253 g/mol. The van der Waals surface area contributed by atoms with Crippen molar-refractivity contribution in [3.05, 3.63) is 34.9 Å². The number of hydrogen-bond acceptors (Lipinski definition) is 2. The van der Waals surface area contributed by atoms with Gasteiger partial charge in [-0.1, -0.05) is 23.7 Å². The second-order valence-corrected chi connectivity index (χ2v) is 5.40. The van der Waals surface area contributed by atoms with E-state index in [2.05, 4.69) is 24.9 Å². The molecule has 1 unspecified atom stereocenters. The van der Waals surface area contributed by atoms with Gasteiger partial charge < -0.3 is 5.11 Å². The molecule has 0 bridgehead atoms. The Morgan fingerprint density at radius 2 is 2.18 bits per heavy atom. The van der Waals surface area contributed by atoms with Crippen LogP contribution in [0.4, 0.5) is 0 Å². The van der Waals surface area contributed by atoms with E-state index in [0.717, 1.165) is 24.3 Å². The van der Waals surface area contributed by atoms with Gasteiger partial charge in [0.1, 0.15) is 0 Å². The van der Waals surface area contributed by atoms with Crippen molar-refractivity contribution in [2.24, 2.45) is 0 Å². The highest BCUT2D eigenvalue weighted by Gasteiger charge is 2.31. The van der Waals surface area contributed by atoms with E-state index in [1.54, 1.807) is 0 Å². The minimum atomic E-state index is -0.179. The second kappa shape index (κ2) is 5.38. The highest BCUT2D eigenvalue weighted by molar-refractivity contribution is 6.30. The number of aliphatic hydroxyl groups is 1. The Balaban J connectivity index is 2.11. The van der Waals surface area contributed by atoms with Crippen molar-refractivity contribution >= 4 is 11.6 Å². The molecular weight excluding hydrogens is 234 g/mol. The smallest absolute Gasteiger partial charge is 0.0695 e. The summed E-state index contributed by atoms with van der Waals surface area (Å²) in [6.45, 7) is 2.16. The van der Waals surface area contributed by atoms with E-state index in [1.807, 2.05) is 18.2 Å². The average molecular weight is 254 g/mol. The highest BCUT2D eigenvalue weighted by Crippen LogP contribution is 2.30. The Bertz CT molecular complexity index is 382. The number of benzene rings is 1. The van der Waals surface area contributed by atoms with Crippen molar-refractivity contribution in [1.29, 1.82) is 0 Å². The Labute approximate surface area is 108 Å². The molecule has 0 spiro atoms. The molecule has 0 heterocycles. The molecule has 94 valence electrons. The van der Waals surface area contributed by atoms with Crippen LogP contribution in [0, 0.1) is 0 Å². The summed E-state index contributed by atoms with van der Waals surface area (Å²) in [4.78, 5) is 2.27. The summed E-state index contributed by atoms with van der Waals surface area (Å²) in [6.07, 6.45) is 2.96. The van der Waals surface area contributed by atoms with E-state index in [-0.39, 0.29) is 18.2 Å². The minimum absolute atomic E-state index is 0.179. The molecule has 3 atom stereocenters. The number of hydrogen-bond donors (Lipinski definition) is 1. The van der Waals surface area contributed by atoms with Gasteiger partial charge in [-0.25, -0.2) is 0 Å². The van der Waals surface area contributed by atoms with Gasteiger partial charge in [0.2, 0.25) is 0 Å². The number of aliphatic hydroxyl groups excluding tert-OH is 1. The Morgan fingerprint density at radius 3 is 2.76 bits per heavy atom. The average Bonchev–Trinajstić information content (AvgIpc) is 2.73. The zero-order valence-corrected chi connectivity index (χ0v) is 11.2. The quantitative estimate of drug-likeness (QED) is 0.894. The van der Waals surface area contributed by atoms with Gasteiger partial charge in [0.05, 0.1) is 6.10 Å². The van der Waals surface area contributed by atoms with Gasteiger partial charge >= 0.3 is 0 Å². The fraction of sp³-hybridized carbons (Fsp3) is 0.571. The van der Waals surface area contributed by atoms with Crippen LogP contribution in [0.1, 0.15) is 37.8 Å². The van der Waals surface area contributed by atoms with Crippen molar-refractivity contribution in [1.82, 2.24) is 4.90 Å². The summed E-state index contributed by atoms with van der Waals surface area (Å²) in [5.74, 6) is 0. The summed E-state index contributed by atoms with van der Waals surface area (Å²) in [6, 6.07) is 8.53. The largest absolute Gasteiger partial charge is 0.391 e. The van der Waals surface area contributed by atoms with E-state index in [9.17, 15) is 5.11 Å². The maximum absolute atomic E-state index is 9.94. The summed E-state index contributed by atoms with van der Waals surface area (Å²) < 4.78 is 0. The Hall–Kier alpha value is -0.570. The van der Waals surface area contributed by atoms with Crippen molar-refractivity contribution in [2.75, 3.05) is 7.05 Å². The van der Waals surface area contributed by atoms with Crippen LogP contribution in [0.3, 0.4) is 0 Å². The third-order valence-electron chi connectivity index (χ3n) is 3.91. The van der Waals surface area contributed by atoms with Crippen molar-refractivity contribution in [3.63, 3.8) is 0 Å². The summed E-state index contributed by atoms with van der Waals surface area (Å²) >= 11 is 6.01. The molecule has 1 fully saturated rings. The van der Waals surface area contributed by atoms with E-state index in [0.29, 0.717) is 0 Å². The van der Waals surface area contributed by atoms with E-state index in [1.165, 1.54) is 5.56 Å². The van der Waals surface area contributed by atoms with E-state index < -0.39 is 0 Å². The van der Waals surface area contributed by atoms with Gasteiger partial charge in [-0.2, -0.15) is 0 Å². The maximum Gasteiger partial charge on any atom is 0.0695 e. The van der Waals surface area contributed by atoms with Crippen LogP contribution in [0.5, 0.6) is 0 Å². The third kappa shape index (κ3) is 2.82. The molecular formula is C14H20ClNO. The van der Waals surface area contributed by atoms with Gasteiger partial charge in [-0.15, -0.1) is 0 Å². The molecule has 1 saturated carbocycles. The van der Waals surface area contributed by atoms with Crippen LogP contribution in [-0.4, -0.2) is 29.2 Å². The number of rotatable bonds is 3. The first kappa shape index (κ1) is 12.9. The molecule has 0 radical (unpaired) electrons. The van der Waals surface area contributed by atoms with Gasteiger partial charge in [0.15, 0.2) is 0 Å². The second-order valence-electron chi connectivity index (χ2n) is 4.96. The van der Waals surface area contributed by atoms with E-state index >= 15 is 0 Å². The lowest BCUT2D eigenvalue weighted by molar-refractivity contribution is 0.0655. The number of likely N-dealkylation sites (N-methyl/N-ethyl adjacent to an activating group) is 1.